The van der Waals surface area contributed by atoms with Crippen LogP contribution in [0.3, 0.4) is 0 Å². The molecule has 0 amide bonds. The van der Waals surface area contributed by atoms with Crippen LogP contribution in [0.15, 0.2) is 41.4 Å². The molecule has 0 aliphatic heterocycles. The smallest absolute Gasteiger partial charge is 0.265 e. The summed E-state index contributed by atoms with van der Waals surface area (Å²) in [6, 6.07) is 9.12. The Morgan fingerprint density at radius 3 is 2.67 bits per heavy atom. The molecule has 7 heteroatoms. The fourth-order valence-electron chi connectivity index (χ4n) is 2.20. The zero-order valence-electron chi connectivity index (χ0n) is 11.6. The minimum atomic E-state index is -3.68. The fraction of sp³-hybridized carbons (Fsp3) is 0.143. The Kier molecular flexibility index (Phi) is 3.13. The highest BCUT2D eigenvalue weighted by atomic mass is 32.2. The third-order valence-corrected chi connectivity index (χ3v) is 4.64. The number of pyridine rings is 1. The molecule has 2 heterocycles. The van der Waals surface area contributed by atoms with E-state index in [1.165, 1.54) is 6.20 Å². The van der Waals surface area contributed by atoms with Gasteiger partial charge in [0.1, 0.15) is 4.90 Å². The molecule has 1 aromatic carbocycles. The monoisotopic (exact) mass is 302 g/mol. The Bertz CT molecular complexity index is 916. The molecular formula is C14H14N4O2S. The standard InChI is InChI=1S/C14H14N4O2S/c1-9-7-13(11-5-3-4-6-12(11)16-9)18-21(19,20)14-8-15-17-10(14)2/h3-8H,1-2H3,(H,15,17)(H,16,18). The van der Waals surface area contributed by atoms with Crippen molar-refractivity contribution in [2.24, 2.45) is 0 Å². The van der Waals surface area contributed by atoms with E-state index in [2.05, 4.69) is 19.9 Å². The summed E-state index contributed by atoms with van der Waals surface area (Å²) in [6.07, 6.45) is 1.30. The van der Waals surface area contributed by atoms with E-state index >= 15 is 0 Å². The predicted molar refractivity (Wildman–Crippen MR) is 80.6 cm³/mol. The van der Waals surface area contributed by atoms with Gasteiger partial charge in [0.15, 0.2) is 0 Å². The third-order valence-electron chi connectivity index (χ3n) is 3.16. The van der Waals surface area contributed by atoms with Crippen molar-refractivity contribution in [1.82, 2.24) is 15.2 Å². The second kappa shape index (κ2) is 4.85. The maximum absolute atomic E-state index is 12.4. The average Bonchev–Trinajstić information content (AvgIpc) is 2.85. The molecule has 0 saturated carbocycles. The van der Waals surface area contributed by atoms with Gasteiger partial charge in [0.25, 0.3) is 10.0 Å². The molecule has 0 unspecified atom stereocenters. The zero-order valence-corrected chi connectivity index (χ0v) is 12.4. The van der Waals surface area contributed by atoms with Gasteiger partial charge in [-0.1, -0.05) is 18.2 Å². The molecular weight excluding hydrogens is 288 g/mol. The number of hydrogen-bond acceptors (Lipinski definition) is 4. The zero-order chi connectivity index (χ0) is 15.0. The summed E-state index contributed by atoms with van der Waals surface area (Å²) in [5.41, 5.74) is 2.51. The number of sulfonamides is 1. The van der Waals surface area contributed by atoms with Crippen LogP contribution in [0, 0.1) is 13.8 Å². The van der Waals surface area contributed by atoms with Gasteiger partial charge < -0.3 is 0 Å². The summed E-state index contributed by atoms with van der Waals surface area (Å²) in [4.78, 5) is 4.53. The van der Waals surface area contributed by atoms with Crippen LogP contribution in [0.1, 0.15) is 11.4 Å². The molecule has 0 aliphatic carbocycles. The molecule has 0 aliphatic rings. The Morgan fingerprint density at radius 2 is 1.95 bits per heavy atom. The number of fused-ring (bicyclic) bond motifs is 1. The molecule has 0 saturated heterocycles. The normalized spacial score (nSPS) is 11.7. The van der Waals surface area contributed by atoms with Crippen LogP contribution in [-0.2, 0) is 10.0 Å². The fourth-order valence-corrected chi connectivity index (χ4v) is 3.41. The average molecular weight is 302 g/mol. The lowest BCUT2D eigenvalue weighted by molar-refractivity contribution is 0.601. The highest BCUT2D eigenvalue weighted by Gasteiger charge is 2.19. The minimum Gasteiger partial charge on any atom is -0.281 e. The molecule has 0 spiro atoms. The molecule has 6 nitrogen and oxygen atoms in total. The van der Waals surface area contributed by atoms with Gasteiger partial charge in [0.2, 0.25) is 0 Å². The van der Waals surface area contributed by atoms with Gasteiger partial charge in [-0.3, -0.25) is 14.8 Å². The molecule has 2 aromatic heterocycles. The van der Waals surface area contributed by atoms with Crippen LogP contribution < -0.4 is 4.72 Å². The van der Waals surface area contributed by atoms with Gasteiger partial charge in [0, 0.05) is 11.1 Å². The van der Waals surface area contributed by atoms with E-state index in [0.29, 0.717) is 11.4 Å². The van der Waals surface area contributed by atoms with Crippen molar-refractivity contribution in [2.45, 2.75) is 18.7 Å². The van der Waals surface area contributed by atoms with Gasteiger partial charge in [-0.25, -0.2) is 8.42 Å². The molecule has 3 aromatic rings. The molecule has 0 radical (unpaired) electrons. The third kappa shape index (κ3) is 2.47. The van der Waals surface area contributed by atoms with Gasteiger partial charge >= 0.3 is 0 Å². The van der Waals surface area contributed by atoms with Crippen molar-refractivity contribution in [3.8, 4) is 0 Å². The van der Waals surface area contributed by atoms with Crippen LogP contribution in [-0.4, -0.2) is 23.6 Å². The van der Waals surface area contributed by atoms with Crippen LogP contribution in [0.5, 0.6) is 0 Å². The van der Waals surface area contributed by atoms with Gasteiger partial charge in [-0.15, -0.1) is 0 Å². The number of hydrogen-bond donors (Lipinski definition) is 2. The molecule has 0 atom stereocenters. The Hall–Kier alpha value is -2.41. The highest BCUT2D eigenvalue weighted by molar-refractivity contribution is 7.92. The quantitative estimate of drug-likeness (QED) is 0.777. The second-order valence-electron chi connectivity index (χ2n) is 4.79. The largest absolute Gasteiger partial charge is 0.281 e. The maximum atomic E-state index is 12.4. The summed E-state index contributed by atoms with van der Waals surface area (Å²) in [6.45, 7) is 3.49. The van der Waals surface area contributed by atoms with E-state index in [0.717, 1.165) is 16.6 Å². The number of nitrogens with one attached hydrogen (secondary N) is 2. The molecule has 21 heavy (non-hydrogen) atoms. The highest BCUT2D eigenvalue weighted by Crippen LogP contribution is 2.26. The number of aryl methyl sites for hydroxylation is 2. The van der Waals surface area contributed by atoms with Crippen LogP contribution in [0.25, 0.3) is 10.9 Å². The second-order valence-corrected chi connectivity index (χ2v) is 6.44. The first kappa shape index (κ1) is 13.6. The summed E-state index contributed by atoms with van der Waals surface area (Å²) in [5.74, 6) is 0. The number of rotatable bonds is 3. The summed E-state index contributed by atoms with van der Waals surface area (Å²) in [5, 5.41) is 7.14. The first-order valence-electron chi connectivity index (χ1n) is 6.36. The lowest BCUT2D eigenvalue weighted by Gasteiger charge is -2.11. The lowest BCUT2D eigenvalue weighted by Crippen LogP contribution is -2.14. The molecule has 3 rings (SSSR count). The van der Waals surface area contributed by atoms with E-state index in [1.54, 1.807) is 13.0 Å². The van der Waals surface area contributed by atoms with Crippen molar-refractivity contribution >= 4 is 26.6 Å². The lowest BCUT2D eigenvalue weighted by atomic mass is 10.2. The number of H-pyrrole nitrogens is 1. The first-order chi connectivity index (χ1) is 9.97. The molecule has 108 valence electrons. The van der Waals surface area contributed by atoms with Gasteiger partial charge in [0.05, 0.1) is 23.1 Å². The number of benzene rings is 1. The predicted octanol–water partition coefficient (Wildman–Crippen LogP) is 2.38. The Labute approximate surface area is 122 Å². The van der Waals surface area contributed by atoms with E-state index in [-0.39, 0.29) is 4.90 Å². The van der Waals surface area contributed by atoms with Gasteiger partial charge in [-0.2, -0.15) is 5.10 Å². The Morgan fingerprint density at radius 1 is 1.19 bits per heavy atom. The van der Waals surface area contributed by atoms with Crippen LogP contribution in [0.4, 0.5) is 5.69 Å². The summed E-state index contributed by atoms with van der Waals surface area (Å²) >= 11 is 0. The van der Waals surface area contributed by atoms with E-state index in [9.17, 15) is 8.42 Å². The minimum absolute atomic E-state index is 0.140. The number of anilines is 1. The maximum Gasteiger partial charge on any atom is 0.265 e. The number of para-hydroxylation sites is 1. The number of aromatic nitrogens is 3. The van der Waals surface area contributed by atoms with Crippen molar-refractivity contribution in [2.75, 3.05) is 4.72 Å². The van der Waals surface area contributed by atoms with Crippen molar-refractivity contribution in [3.63, 3.8) is 0 Å². The SMILES string of the molecule is Cc1cc(NS(=O)(=O)c2cn[nH]c2C)c2ccccc2n1. The topological polar surface area (TPSA) is 87.7 Å². The molecule has 0 fully saturated rings. The molecule has 2 N–H and O–H groups in total. The van der Waals surface area contributed by atoms with Crippen molar-refractivity contribution in [3.05, 3.63) is 47.9 Å². The first-order valence-corrected chi connectivity index (χ1v) is 7.85. The van der Waals surface area contributed by atoms with Crippen LogP contribution >= 0.6 is 0 Å². The number of nitrogens with zero attached hydrogens (tertiary/aromatic N) is 2. The Balaban J connectivity index is 2.12. The summed E-state index contributed by atoms with van der Waals surface area (Å²) < 4.78 is 27.5. The molecule has 0 bridgehead atoms. The van der Waals surface area contributed by atoms with Crippen molar-refractivity contribution in [1.29, 1.82) is 0 Å². The number of aromatic amines is 1. The van der Waals surface area contributed by atoms with Gasteiger partial charge in [-0.05, 0) is 26.0 Å². The summed E-state index contributed by atoms with van der Waals surface area (Å²) in [7, 11) is -3.68. The van der Waals surface area contributed by atoms with Crippen LogP contribution in [0.2, 0.25) is 0 Å². The van der Waals surface area contributed by atoms with E-state index < -0.39 is 10.0 Å². The van der Waals surface area contributed by atoms with Crippen molar-refractivity contribution < 1.29 is 8.42 Å². The van der Waals surface area contributed by atoms with E-state index in [4.69, 9.17) is 0 Å². The van der Waals surface area contributed by atoms with E-state index in [1.807, 2.05) is 31.2 Å².